The maximum atomic E-state index is 12.6. The second-order valence-electron chi connectivity index (χ2n) is 8.26. The molecule has 0 atom stereocenters. The van der Waals surface area contributed by atoms with Crippen molar-refractivity contribution >= 4 is 28.9 Å². The normalized spacial score (nSPS) is 15.3. The zero-order chi connectivity index (χ0) is 21.3. The molecule has 4 heteroatoms. The predicted molar refractivity (Wildman–Crippen MR) is 121 cm³/mol. The lowest BCUT2D eigenvalue weighted by Crippen LogP contribution is -2.42. The smallest absolute Gasteiger partial charge is 0.266 e. The van der Waals surface area contributed by atoms with Gasteiger partial charge in [0, 0.05) is 24.0 Å². The molecule has 1 aliphatic heterocycles. The Bertz CT molecular complexity index is 1070. The summed E-state index contributed by atoms with van der Waals surface area (Å²) in [6.07, 6.45) is 3.92. The minimum atomic E-state index is -0.404. The summed E-state index contributed by atoms with van der Waals surface area (Å²) in [6.45, 7) is 10.5. The fourth-order valence-electron chi connectivity index (χ4n) is 3.61. The average Bonchev–Trinajstić information content (AvgIpc) is 2.66. The van der Waals surface area contributed by atoms with E-state index in [4.69, 9.17) is 0 Å². The van der Waals surface area contributed by atoms with Gasteiger partial charge in [-0.25, -0.2) is 0 Å². The number of carbonyl (C=O) groups is 1. The highest BCUT2D eigenvalue weighted by atomic mass is 16.1. The number of nitrogens with zero attached hydrogens (tertiary/aromatic N) is 2. The number of anilines is 2. The van der Waals surface area contributed by atoms with Gasteiger partial charge in [-0.15, -0.1) is 0 Å². The molecule has 2 aromatic carbocycles. The summed E-state index contributed by atoms with van der Waals surface area (Å²) in [7, 11) is 2.09. The van der Waals surface area contributed by atoms with Crippen LogP contribution in [0.15, 0.2) is 48.0 Å². The Morgan fingerprint density at radius 1 is 1.14 bits per heavy atom. The summed E-state index contributed by atoms with van der Waals surface area (Å²) in [4.78, 5) is 14.9. The van der Waals surface area contributed by atoms with E-state index in [0.717, 1.165) is 27.9 Å². The third-order valence-corrected chi connectivity index (χ3v) is 5.58. The number of carbonyl (C=O) groups excluding carboxylic acids is 1. The van der Waals surface area contributed by atoms with Gasteiger partial charge >= 0.3 is 0 Å². The molecule has 0 saturated heterocycles. The maximum absolute atomic E-state index is 12.6. The molecule has 1 N–H and O–H groups in total. The van der Waals surface area contributed by atoms with E-state index < -0.39 is 5.91 Å². The van der Waals surface area contributed by atoms with E-state index in [0.29, 0.717) is 5.69 Å². The minimum Gasteiger partial charge on any atom is -0.365 e. The molecule has 0 aliphatic carbocycles. The number of allylic oxidation sites excluding steroid dienone is 1. The Kier molecular flexibility index (Phi) is 5.35. The molecule has 0 fully saturated rings. The second-order valence-corrected chi connectivity index (χ2v) is 8.26. The molecule has 1 amide bonds. The average molecular weight is 386 g/mol. The van der Waals surface area contributed by atoms with E-state index in [1.807, 2.05) is 44.2 Å². The molecule has 1 aliphatic rings. The van der Waals surface area contributed by atoms with Crippen molar-refractivity contribution in [2.45, 2.75) is 40.2 Å². The molecule has 29 heavy (non-hydrogen) atoms. The van der Waals surface area contributed by atoms with Crippen LogP contribution < -0.4 is 10.2 Å². The van der Waals surface area contributed by atoms with E-state index in [-0.39, 0.29) is 11.1 Å². The van der Waals surface area contributed by atoms with Crippen molar-refractivity contribution < 1.29 is 4.79 Å². The lowest BCUT2D eigenvalue weighted by atomic mass is 9.87. The summed E-state index contributed by atoms with van der Waals surface area (Å²) in [5.41, 5.74) is 7.18. The number of fused-ring (bicyclic) bond motifs is 1. The van der Waals surface area contributed by atoms with Crippen LogP contribution in [0.3, 0.4) is 0 Å². The van der Waals surface area contributed by atoms with Gasteiger partial charge in [0.2, 0.25) is 0 Å². The third kappa shape index (κ3) is 4.09. The number of nitrogens with one attached hydrogen (secondary N) is 1. The van der Waals surface area contributed by atoms with Crippen molar-refractivity contribution in [3.8, 4) is 6.07 Å². The van der Waals surface area contributed by atoms with E-state index >= 15 is 0 Å². The fraction of sp³-hybridized carbons (Fsp3) is 0.280. The first-order valence-corrected chi connectivity index (χ1v) is 9.70. The van der Waals surface area contributed by atoms with E-state index in [1.165, 1.54) is 5.57 Å². The van der Waals surface area contributed by atoms with Crippen LogP contribution in [0.25, 0.3) is 11.6 Å². The van der Waals surface area contributed by atoms with Gasteiger partial charge in [-0.2, -0.15) is 5.26 Å². The van der Waals surface area contributed by atoms with E-state index in [1.54, 1.807) is 6.08 Å². The van der Waals surface area contributed by atoms with Crippen LogP contribution in [-0.4, -0.2) is 18.5 Å². The standard InChI is InChI=1S/C25H27N3O/c1-16-7-9-21(10-8-16)27-24(29)20(15-26)12-19-13-22-18(3)14-25(4,5)28(6)23(22)11-17(19)2/h7-14H,1-6H3,(H,27,29)/b20-12-. The van der Waals surface area contributed by atoms with Crippen LogP contribution in [0.2, 0.25) is 0 Å². The number of nitriles is 1. The van der Waals surface area contributed by atoms with E-state index in [2.05, 4.69) is 56.2 Å². The molecule has 3 rings (SSSR count). The van der Waals surface area contributed by atoms with Crippen LogP contribution in [0.4, 0.5) is 11.4 Å². The van der Waals surface area contributed by atoms with Gasteiger partial charge in [-0.1, -0.05) is 23.8 Å². The lowest BCUT2D eigenvalue weighted by Gasteiger charge is -2.41. The fourth-order valence-corrected chi connectivity index (χ4v) is 3.61. The first-order valence-electron chi connectivity index (χ1n) is 9.70. The molecular weight excluding hydrogens is 358 g/mol. The van der Waals surface area contributed by atoms with Gasteiger partial charge in [0.05, 0.1) is 5.54 Å². The Morgan fingerprint density at radius 2 is 1.79 bits per heavy atom. The zero-order valence-corrected chi connectivity index (χ0v) is 17.9. The molecule has 0 saturated carbocycles. The molecular formula is C25H27N3O. The summed E-state index contributed by atoms with van der Waals surface area (Å²) in [6, 6.07) is 13.8. The molecule has 148 valence electrons. The first-order chi connectivity index (χ1) is 13.6. The van der Waals surface area contributed by atoms with Crippen molar-refractivity contribution in [2.75, 3.05) is 17.3 Å². The van der Waals surface area contributed by atoms with Gasteiger partial charge in [0.25, 0.3) is 5.91 Å². The largest absolute Gasteiger partial charge is 0.365 e. The molecule has 0 aromatic heterocycles. The van der Waals surface area contributed by atoms with Crippen LogP contribution in [0.1, 0.15) is 43.0 Å². The van der Waals surface area contributed by atoms with Crippen molar-refractivity contribution in [1.82, 2.24) is 0 Å². The highest BCUT2D eigenvalue weighted by molar-refractivity contribution is 6.09. The monoisotopic (exact) mass is 385 g/mol. The second kappa shape index (κ2) is 7.60. The molecule has 0 unspecified atom stereocenters. The quantitative estimate of drug-likeness (QED) is 0.562. The zero-order valence-electron chi connectivity index (χ0n) is 17.9. The Morgan fingerprint density at radius 3 is 2.41 bits per heavy atom. The Balaban J connectivity index is 1.96. The van der Waals surface area contributed by atoms with Crippen LogP contribution >= 0.6 is 0 Å². The lowest BCUT2D eigenvalue weighted by molar-refractivity contribution is -0.112. The number of hydrogen-bond donors (Lipinski definition) is 1. The van der Waals surface area contributed by atoms with Gasteiger partial charge in [-0.3, -0.25) is 4.79 Å². The van der Waals surface area contributed by atoms with Crippen molar-refractivity contribution in [3.63, 3.8) is 0 Å². The molecule has 0 bridgehead atoms. The van der Waals surface area contributed by atoms with Crippen LogP contribution in [0.5, 0.6) is 0 Å². The highest BCUT2D eigenvalue weighted by Crippen LogP contribution is 2.39. The SMILES string of the molecule is CC1=CC(C)(C)N(C)c2cc(C)c(/C=C(/C#N)C(=O)Nc3ccc(C)cc3)cc21. The maximum Gasteiger partial charge on any atom is 0.266 e. The topological polar surface area (TPSA) is 56.1 Å². The van der Waals surface area contributed by atoms with Gasteiger partial charge in [-0.05, 0) is 81.7 Å². The van der Waals surface area contributed by atoms with Gasteiger partial charge < -0.3 is 10.2 Å². The molecule has 0 spiro atoms. The Labute approximate surface area is 173 Å². The van der Waals surface area contributed by atoms with E-state index in [9.17, 15) is 10.1 Å². The number of rotatable bonds is 3. The third-order valence-electron chi connectivity index (χ3n) is 5.58. The summed E-state index contributed by atoms with van der Waals surface area (Å²) in [5.74, 6) is -0.404. The van der Waals surface area contributed by atoms with Crippen molar-refractivity contribution in [3.05, 3.63) is 70.3 Å². The molecule has 1 heterocycles. The number of amides is 1. The van der Waals surface area contributed by atoms with Gasteiger partial charge in [0.1, 0.15) is 11.6 Å². The number of likely N-dealkylation sites (N-methyl/N-ethyl adjacent to an activating group) is 1. The predicted octanol–water partition coefficient (Wildman–Crippen LogP) is 5.48. The summed E-state index contributed by atoms with van der Waals surface area (Å²) >= 11 is 0. The Hall–Kier alpha value is -3.32. The molecule has 0 radical (unpaired) electrons. The summed E-state index contributed by atoms with van der Waals surface area (Å²) in [5, 5.41) is 12.4. The molecule has 2 aromatic rings. The molecule has 4 nitrogen and oxygen atoms in total. The summed E-state index contributed by atoms with van der Waals surface area (Å²) < 4.78 is 0. The first kappa shape index (κ1) is 20.4. The van der Waals surface area contributed by atoms with Crippen LogP contribution in [0, 0.1) is 25.2 Å². The number of aryl methyl sites for hydroxylation is 2. The van der Waals surface area contributed by atoms with Gasteiger partial charge in [0.15, 0.2) is 0 Å². The van der Waals surface area contributed by atoms with Crippen LogP contribution in [-0.2, 0) is 4.79 Å². The minimum absolute atomic E-state index is 0.0629. The highest BCUT2D eigenvalue weighted by Gasteiger charge is 2.28. The van der Waals surface area contributed by atoms with Crippen molar-refractivity contribution in [2.24, 2.45) is 0 Å². The number of hydrogen-bond acceptors (Lipinski definition) is 3. The van der Waals surface area contributed by atoms with Crippen molar-refractivity contribution in [1.29, 1.82) is 5.26 Å². The number of benzene rings is 2.